The van der Waals surface area contributed by atoms with E-state index in [0.717, 1.165) is 24.8 Å². The summed E-state index contributed by atoms with van der Waals surface area (Å²) >= 11 is 0. The Kier molecular flexibility index (Phi) is 6.74. The summed E-state index contributed by atoms with van der Waals surface area (Å²) in [5.41, 5.74) is 1.11. The summed E-state index contributed by atoms with van der Waals surface area (Å²) in [6.07, 6.45) is 2.84. The van der Waals surface area contributed by atoms with Crippen molar-refractivity contribution in [3.63, 3.8) is 0 Å². The van der Waals surface area contributed by atoms with Crippen LogP contribution in [0.3, 0.4) is 0 Å². The first-order chi connectivity index (χ1) is 9.40. The predicted octanol–water partition coefficient (Wildman–Crippen LogP) is 3.97. The summed E-state index contributed by atoms with van der Waals surface area (Å²) in [7, 11) is 0. The number of rotatable bonds is 6. The molecule has 3 nitrogen and oxygen atoms in total. The lowest BCUT2D eigenvalue weighted by atomic mass is 9.77. The molecule has 1 heterocycles. The van der Waals surface area contributed by atoms with Crippen LogP contribution in [0, 0.1) is 17.8 Å². The SMILES string of the molecule is C=C(C)[C@@H]1C[C@H](C(=O)OCC)[C@@H](CC)O[C@H]1CC(C)C. The van der Waals surface area contributed by atoms with Crippen molar-refractivity contribution >= 4 is 5.97 Å². The van der Waals surface area contributed by atoms with Crippen LogP contribution in [0.2, 0.25) is 0 Å². The fourth-order valence-corrected chi connectivity index (χ4v) is 3.07. The zero-order valence-electron chi connectivity index (χ0n) is 13.6. The van der Waals surface area contributed by atoms with Gasteiger partial charge in [-0.2, -0.15) is 0 Å². The molecule has 0 radical (unpaired) electrons. The molecule has 3 heteroatoms. The molecule has 1 saturated heterocycles. The molecule has 0 saturated carbocycles. The highest BCUT2D eigenvalue weighted by Crippen LogP contribution is 2.38. The number of carbonyl (C=O) groups excluding carboxylic acids is 1. The third kappa shape index (κ3) is 4.34. The van der Waals surface area contributed by atoms with Crippen LogP contribution in [-0.4, -0.2) is 24.8 Å². The Morgan fingerprint density at radius 2 is 1.95 bits per heavy atom. The van der Waals surface area contributed by atoms with Gasteiger partial charge in [-0.1, -0.05) is 32.9 Å². The second kappa shape index (κ2) is 7.82. The molecule has 1 rings (SSSR count). The van der Waals surface area contributed by atoms with E-state index in [1.54, 1.807) is 0 Å². The molecule has 0 unspecified atom stereocenters. The number of hydrogen-bond donors (Lipinski definition) is 0. The third-order valence-corrected chi connectivity index (χ3v) is 4.08. The summed E-state index contributed by atoms with van der Waals surface area (Å²) in [4.78, 5) is 12.1. The van der Waals surface area contributed by atoms with Gasteiger partial charge in [0.05, 0.1) is 24.7 Å². The maximum atomic E-state index is 12.1. The number of esters is 1. The van der Waals surface area contributed by atoms with Crippen molar-refractivity contribution in [1.29, 1.82) is 0 Å². The Bertz CT molecular complexity index is 335. The number of ether oxygens (including phenoxy) is 2. The van der Waals surface area contributed by atoms with Gasteiger partial charge in [-0.15, -0.1) is 0 Å². The van der Waals surface area contributed by atoms with E-state index in [1.165, 1.54) is 0 Å². The van der Waals surface area contributed by atoms with Crippen LogP contribution in [-0.2, 0) is 14.3 Å². The third-order valence-electron chi connectivity index (χ3n) is 4.08. The molecule has 0 bridgehead atoms. The summed E-state index contributed by atoms with van der Waals surface area (Å²) in [6, 6.07) is 0. The van der Waals surface area contributed by atoms with Gasteiger partial charge < -0.3 is 9.47 Å². The molecule has 0 aromatic carbocycles. The van der Waals surface area contributed by atoms with Gasteiger partial charge in [0.1, 0.15) is 0 Å². The topological polar surface area (TPSA) is 35.5 Å². The van der Waals surface area contributed by atoms with Gasteiger partial charge in [0.25, 0.3) is 0 Å². The minimum Gasteiger partial charge on any atom is -0.466 e. The monoisotopic (exact) mass is 282 g/mol. The Balaban J connectivity index is 2.86. The molecule has 0 spiro atoms. The molecular formula is C17H30O3. The predicted molar refractivity (Wildman–Crippen MR) is 81.5 cm³/mol. The van der Waals surface area contributed by atoms with Gasteiger partial charge in [0.15, 0.2) is 0 Å². The zero-order chi connectivity index (χ0) is 15.3. The molecule has 20 heavy (non-hydrogen) atoms. The second-order valence-electron chi connectivity index (χ2n) is 6.30. The van der Waals surface area contributed by atoms with E-state index < -0.39 is 0 Å². The second-order valence-corrected chi connectivity index (χ2v) is 6.30. The van der Waals surface area contributed by atoms with Crippen molar-refractivity contribution in [2.24, 2.45) is 17.8 Å². The first-order valence-electron chi connectivity index (χ1n) is 7.88. The largest absolute Gasteiger partial charge is 0.466 e. The molecule has 0 aromatic rings. The summed E-state index contributed by atoms with van der Waals surface area (Å²) < 4.78 is 11.4. The summed E-state index contributed by atoms with van der Waals surface area (Å²) in [5, 5.41) is 0. The Labute approximate surface area is 123 Å². The van der Waals surface area contributed by atoms with Gasteiger partial charge in [-0.25, -0.2) is 0 Å². The van der Waals surface area contributed by atoms with Crippen molar-refractivity contribution < 1.29 is 14.3 Å². The van der Waals surface area contributed by atoms with Crippen LogP contribution in [0.25, 0.3) is 0 Å². The molecule has 0 aliphatic carbocycles. The normalized spacial score (nSPS) is 30.3. The van der Waals surface area contributed by atoms with Crippen molar-refractivity contribution in [2.45, 2.75) is 66.1 Å². The van der Waals surface area contributed by atoms with Crippen LogP contribution in [0.5, 0.6) is 0 Å². The average molecular weight is 282 g/mol. The Morgan fingerprint density at radius 3 is 2.40 bits per heavy atom. The zero-order valence-corrected chi connectivity index (χ0v) is 13.6. The smallest absolute Gasteiger partial charge is 0.311 e. The van der Waals surface area contributed by atoms with Crippen LogP contribution in [0.4, 0.5) is 0 Å². The highest BCUT2D eigenvalue weighted by Gasteiger charge is 2.41. The summed E-state index contributed by atoms with van der Waals surface area (Å²) in [6.45, 7) is 14.9. The highest BCUT2D eigenvalue weighted by atomic mass is 16.5. The lowest BCUT2D eigenvalue weighted by Gasteiger charge is -2.41. The Hall–Kier alpha value is -0.830. The molecule has 1 aliphatic heterocycles. The summed E-state index contributed by atoms with van der Waals surface area (Å²) in [5.74, 6) is 0.576. The van der Waals surface area contributed by atoms with Crippen LogP contribution in [0.15, 0.2) is 12.2 Å². The van der Waals surface area contributed by atoms with Gasteiger partial charge in [0.2, 0.25) is 0 Å². The van der Waals surface area contributed by atoms with Gasteiger partial charge >= 0.3 is 5.97 Å². The molecule has 0 aromatic heterocycles. The first kappa shape index (κ1) is 17.2. The standard InChI is InChI=1S/C17H30O3/c1-7-15-14(17(18)19-8-2)10-13(12(5)6)16(20-15)9-11(3)4/h11,13-16H,5,7-10H2,1-4,6H3/t13-,14-,15+,16-/m0/s1. The minimum atomic E-state index is -0.148. The average Bonchev–Trinajstić information content (AvgIpc) is 2.37. The lowest BCUT2D eigenvalue weighted by molar-refractivity contribution is -0.168. The Morgan fingerprint density at radius 1 is 1.30 bits per heavy atom. The van der Waals surface area contributed by atoms with Crippen LogP contribution < -0.4 is 0 Å². The highest BCUT2D eigenvalue weighted by molar-refractivity contribution is 5.73. The molecule has 1 aliphatic rings. The molecule has 4 atom stereocenters. The van der Waals surface area contributed by atoms with Gasteiger partial charge in [0, 0.05) is 5.92 Å². The van der Waals surface area contributed by atoms with E-state index in [0.29, 0.717) is 12.5 Å². The van der Waals surface area contributed by atoms with E-state index in [-0.39, 0.29) is 30.0 Å². The number of hydrogen-bond acceptors (Lipinski definition) is 3. The maximum absolute atomic E-state index is 12.1. The van der Waals surface area contributed by atoms with E-state index in [2.05, 4.69) is 27.4 Å². The maximum Gasteiger partial charge on any atom is 0.311 e. The molecule has 116 valence electrons. The quantitative estimate of drug-likeness (QED) is 0.546. The van der Waals surface area contributed by atoms with Crippen molar-refractivity contribution in [1.82, 2.24) is 0 Å². The molecular weight excluding hydrogens is 252 g/mol. The van der Waals surface area contributed by atoms with Crippen molar-refractivity contribution in [2.75, 3.05) is 6.61 Å². The van der Waals surface area contributed by atoms with E-state index >= 15 is 0 Å². The fourth-order valence-electron chi connectivity index (χ4n) is 3.07. The molecule has 0 amide bonds. The van der Waals surface area contributed by atoms with Crippen LogP contribution in [0.1, 0.15) is 53.9 Å². The van der Waals surface area contributed by atoms with E-state index in [1.807, 2.05) is 13.8 Å². The van der Waals surface area contributed by atoms with E-state index in [4.69, 9.17) is 9.47 Å². The van der Waals surface area contributed by atoms with Crippen molar-refractivity contribution in [3.8, 4) is 0 Å². The van der Waals surface area contributed by atoms with E-state index in [9.17, 15) is 4.79 Å². The molecule has 1 fully saturated rings. The number of carbonyl (C=O) groups is 1. The minimum absolute atomic E-state index is 0.0200. The molecule has 0 N–H and O–H groups in total. The first-order valence-corrected chi connectivity index (χ1v) is 7.88. The fraction of sp³-hybridized carbons (Fsp3) is 0.824. The van der Waals surface area contributed by atoms with Crippen molar-refractivity contribution in [3.05, 3.63) is 12.2 Å². The van der Waals surface area contributed by atoms with Gasteiger partial charge in [-0.3, -0.25) is 4.79 Å². The van der Waals surface area contributed by atoms with Gasteiger partial charge in [-0.05, 0) is 39.0 Å². The van der Waals surface area contributed by atoms with Crippen LogP contribution >= 0.6 is 0 Å². The lowest BCUT2D eigenvalue weighted by Crippen LogP contribution is -2.45.